The molecule has 0 amide bonds. The van der Waals surface area contributed by atoms with Crippen molar-refractivity contribution in [1.82, 2.24) is 0 Å². The highest BCUT2D eigenvalue weighted by molar-refractivity contribution is 6.08. The molecule has 0 fully saturated rings. The summed E-state index contributed by atoms with van der Waals surface area (Å²) in [6, 6.07) is 16.5. The molecular formula is C15H13NO. The summed E-state index contributed by atoms with van der Waals surface area (Å²) < 4.78 is 0. The van der Waals surface area contributed by atoms with E-state index in [2.05, 4.69) is 0 Å². The summed E-state index contributed by atoms with van der Waals surface area (Å²) in [5, 5.41) is 17.0. The summed E-state index contributed by atoms with van der Waals surface area (Å²) in [6.45, 7) is 0. The second kappa shape index (κ2) is 5.12. The van der Waals surface area contributed by atoms with E-state index >= 15 is 0 Å². The minimum absolute atomic E-state index is 0.250. The van der Waals surface area contributed by atoms with Crippen LogP contribution in [0.3, 0.4) is 0 Å². The number of phenolic OH excluding ortho intramolecular Hbond substituents is 1. The Morgan fingerprint density at radius 1 is 0.941 bits per heavy atom. The molecule has 2 aromatic rings. The minimum Gasteiger partial charge on any atom is -0.508 e. The Morgan fingerprint density at radius 2 is 1.59 bits per heavy atom. The van der Waals surface area contributed by atoms with Gasteiger partial charge in [-0.05, 0) is 29.3 Å². The van der Waals surface area contributed by atoms with Crippen LogP contribution in [0, 0.1) is 5.41 Å². The van der Waals surface area contributed by atoms with Crippen LogP contribution in [0.2, 0.25) is 0 Å². The first kappa shape index (κ1) is 11.1. The van der Waals surface area contributed by atoms with Crippen LogP contribution in [0.5, 0.6) is 5.75 Å². The van der Waals surface area contributed by atoms with E-state index in [-0.39, 0.29) is 5.75 Å². The van der Waals surface area contributed by atoms with E-state index in [0.717, 1.165) is 11.1 Å². The van der Waals surface area contributed by atoms with Crippen LogP contribution >= 0.6 is 0 Å². The standard InChI is InChI=1S/C15H13NO/c16-15(13-4-2-1-3-5-13)11-8-12-6-9-14(17)10-7-12/h1-11,16-17H. The average molecular weight is 223 g/mol. The Hall–Kier alpha value is -2.35. The van der Waals surface area contributed by atoms with E-state index in [4.69, 9.17) is 10.5 Å². The van der Waals surface area contributed by atoms with Gasteiger partial charge in [-0.1, -0.05) is 48.5 Å². The van der Waals surface area contributed by atoms with Crippen molar-refractivity contribution in [2.45, 2.75) is 0 Å². The van der Waals surface area contributed by atoms with E-state index < -0.39 is 0 Å². The Labute approximate surface area is 100 Å². The zero-order chi connectivity index (χ0) is 12.1. The van der Waals surface area contributed by atoms with Crippen LogP contribution in [-0.2, 0) is 0 Å². The molecule has 0 bridgehead atoms. The largest absolute Gasteiger partial charge is 0.508 e. The van der Waals surface area contributed by atoms with Crippen molar-refractivity contribution in [3.8, 4) is 5.75 Å². The molecule has 0 aliphatic rings. The third-order valence-corrected chi connectivity index (χ3v) is 2.42. The van der Waals surface area contributed by atoms with Gasteiger partial charge in [-0.25, -0.2) is 0 Å². The van der Waals surface area contributed by atoms with Crippen LogP contribution in [0.1, 0.15) is 11.1 Å². The molecule has 0 aromatic heterocycles. The van der Waals surface area contributed by atoms with Gasteiger partial charge in [0.1, 0.15) is 5.75 Å². The Kier molecular flexibility index (Phi) is 3.36. The van der Waals surface area contributed by atoms with Gasteiger partial charge in [-0.15, -0.1) is 0 Å². The highest BCUT2D eigenvalue weighted by atomic mass is 16.3. The lowest BCUT2D eigenvalue weighted by Crippen LogP contribution is -1.92. The Morgan fingerprint density at radius 3 is 2.24 bits per heavy atom. The summed E-state index contributed by atoms with van der Waals surface area (Å²) in [5.41, 5.74) is 2.32. The number of nitrogens with one attached hydrogen (secondary N) is 1. The molecule has 0 atom stereocenters. The third kappa shape index (κ3) is 3.05. The van der Waals surface area contributed by atoms with E-state index in [0.29, 0.717) is 5.71 Å². The zero-order valence-corrected chi connectivity index (χ0v) is 9.30. The molecule has 0 heterocycles. The number of phenols is 1. The highest BCUT2D eigenvalue weighted by Gasteiger charge is 1.95. The molecule has 2 N–H and O–H groups in total. The first-order valence-electron chi connectivity index (χ1n) is 5.37. The predicted octanol–water partition coefficient (Wildman–Crippen LogP) is 3.47. The van der Waals surface area contributed by atoms with Gasteiger partial charge in [0.25, 0.3) is 0 Å². The fourth-order valence-electron chi connectivity index (χ4n) is 1.48. The molecule has 0 spiro atoms. The van der Waals surface area contributed by atoms with Crippen LogP contribution < -0.4 is 0 Å². The van der Waals surface area contributed by atoms with Gasteiger partial charge in [0.05, 0.1) is 5.71 Å². The maximum atomic E-state index is 9.15. The van der Waals surface area contributed by atoms with Gasteiger partial charge in [0.2, 0.25) is 0 Å². The molecule has 0 saturated carbocycles. The van der Waals surface area contributed by atoms with Crippen molar-refractivity contribution in [2.24, 2.45) is 0 Å². The molecule has 0 unspecified atom stereocenters. The van der Waals surface area contributed by atoms with Gasteiger partial charge < -0.3 is 10.5 Å². The van der Waals surface area contributed by atoms with Crippen LogP contribution in [0.15, 0.2) is 60.7 Å². The smallest absolute Gasteiger partial charge is 0.115 e. The average Bonchev–Trinajstić information content (AvgIpc) is 2.39. The second-order valence-electron chi connectivity index (χ2n) is 3.70. The van der Waals surface area contributed by atoms with E-state index in [1.807, 2.05) is 48.5 Å². The van der Waals surface area contributed by atoms with E-state index in [1.54, 1.807) is 18.2 Å². The van der Waals surface area contributed by atoms with Crippen molar-refractivity contribution in [3.63, 3.8) is 0 Å². The van der Waals surface area contributed by atoms with Crippen molar-refractivity contribution in [2.75, 3.05) is 0 Å². The maximum absolute atomic E-state index is 9.15. The molecule has 84 valence electrons. The fraction of sp³-hybridized carbons (Fsp3) is 0. The van der Waals surface area contributed by atoms with Crippen molar-refractivity contribution in [1.29, 1.82) is 5.41 Å². The molecule has 2 nitrogen and oxygen atoms in total. The van der Waals surface area contributed by atoms with Crippen molar-refractivity contribution in [3.05, 3.63) is 71.8 Å². The SMILES string of the molecule is N=C(C=Cc1ccc(O)cc1)c1ccccc1. The number of allylic oxidation sites excluding steroid dienone is 1. The number of hydrogen-bond donors (Lipinski definition) is 2. The summed E-state index contributed by atoms with van der Waals surface area (Å²) in [4.78, 5) is 0. The first-order valence-corrected chi connectivity index (χ1v) is 5.37. The fourth-order valence-corrected chi connectivity index (χ4v) is 1.48. The van der Waals surface area contributed by atoms with Crippen LogP contribution in [0.4, 0.5) is 0 Å². The predicted molar refractivity (Wildman–Crippen MR) is 70.4 cm³/mol. The van der Waals surface area contributed by atoms with Gasteiger partial charge in [0, 0.05) is 0 Å². The lowest BCUT2D eigenvalue weighted by atomic mass is 10.1. The van der Waals surface area contributed by atoms with Gasteiger partial charge in [-0.2, -0.15) is 0 Å². The van der Waals surface area contributed by atoms with Gasteiger partial charge in [0.15, 0.2) is 0 Å². The summed E-state index contributed by atoms with van der Waals surface area (Å²) in [5.74, 6) is 0.250. The zero-order valence-electron chi connectivity index (χ0n) is 9.30. The van der Waals surface area contributed by atoms with Crippen molar-refractivity contribution >= 4 is 11.8 Å². The minimum atomic E-state index is 0.250. The lowest BCUT2D eigenvalue weighted by molar-refractivity contribution is 0.475. The normalized spacial score (nSPS) is 10.6. The molecule has 0 radical (unpaired) electrons. The van der Waals surface area contributed by atoms with Crippen LogP contribution in [-0.4, -0.2) is 10.8 Å². The molecular weight excluding hydrogens is 210 g/mol. The van der Waals surface area contributed by atoms with Crippen LogP contribution in [0.25, 0.3) is 6.08 Å². The molecule has 17 heavy (non-hydrogen) atoms. The number of rotatable bonds is 3. The quantitative estimate of drug-likeness (QED) is 0.769. The number of benzene rings is 2. The van der Waals surface area contributed by atoms with Gasteiger partial charge in [-0.3, -0.25) is 0 Å². The van der Waals surface area contributed by atoms with E-state index in [9.17, 15) is 0 Å². The summed E-state index contributed by atoms with van der Waals surface area (Å²) in [7, 11) is 0. The van der Waals surface area contributed by atoms with Crippen molar-refractivity contribution < 1.29 is 5.11 Å². The lowest BCUT2D eigenvalue weighted by Gasteiger charge is -1.98. The molecule has 2 heteroatoms. The molecule has 0 aliphatic carbocycles. The summed E-state index contributed by atoms with van der Waals surface area (Å²) in [6.07, 6.45) is 3.61. The Balaban J connectivity index is 2.11. The topological polar surface area (TPSA) is 44.1 Å². The molecule has 0 saturated heterocycles. The Bertz CT molecular complexity index is 527. The third-order valence-electron chi connectivity index (χ3n) is 2.42. The van der Waals surface area contributed by atoms with E-state index in [1.165, 1.54) is 0 Å². The molecule has 2 aromatic carbocycles. The summed E-state index contributed by atoms with van der Waals surface area (Å²) >= 11 is 0. The van der Waals surface area contributed by atoms with Gasteiger partial charge >= 0.3 is 0 Å². The maximum Gasteiger partial charge on any atom is 0.115 e. The monoisotopic (exact) mass is 223 g/mol. The second-order valence-corrected chi connectivity index (χ2v) is 3.70. The number of hydrogen-bond acceptors (Lipinski definition) is 2. The highest BCUT2D eigenvalue weighted by Crippen LogP contribution is 2.11. The molecule has 2 rings (SSSR count). The first-order chi connectivity index (χ1) is 8.25. The molecule has 0 aliphatic heterocycles. The number of aromatic hydroxyl groups is 1.